The number of carbonyl (C=O) groups excluding carboxylic acids is 1. The Bertz CT molecular complexity index is 764. The summed E-state index contributed by atoms with van der Waals surface area (Å²) in [5.74, 6) is -0.233. The first-order valence-electron chi connectivity index (χ1n) is 6.12. The van der Waals surface area contributed by atoms with Crippen LogP contribution < -0.4 is 10.5 Å². The molecule has 1 aromatic carbocycles. The molecule has 0 saturated heterocycles. The zero-order valence-electron chi connectivity index (χ0n) is 11.8. The maximum absolute atomic E-state index is 12.7. The second-order valence-electron chi connectivity index (χ2n) is 4.63. The maximum atomic E-state index is 12.7. The molecule has 1 amide bonds. The Morgan fingerprint density at radius 3 is 2.17 bits per heavy atom. The van der Waals surface area contributed by atoms with E-state index >= 15 is 0 Å². The van der Waals surface area contributed by atoms with Gasteiger partial charge in [0.05, 0.1) is 21.3 Å². The summed E-state index contributed by atoms with van der Waals surface area (Å²) in [6, 6.07) is 0.552. The molecule has 0 saturated carbocycles. The molecule has 0 unspecified atom stereocenters. The Hall–Kier alpha value is -1.93. The molecule has 0 bridgehead atoms. The third kappa shape index (κ3) is 3.37. The number of nitrogens with two attached hydrogens (primary N) is 1. The summed E-state index contributed by atoms with van der Waals surface area (Å²) in [5.41, 5.74) is 5.03. The summed E-state index contributed by atoms with van der Waals surface area (Å²) in [6.07, 6.45) is -4.59. The summed E-state index contributed by atoms with van der Waals surface area (Å²) < 4.78 is 44.4. The minimum Gasteiger partial charge on any atom is -0.434 e. The van der Waals surface area contributed by atoms with Crippen molar-refractivity contribution in [3.63, 3.8) is 0 Å². The lowest BCUT2D eigenvalue weighted by molar-refractivity contribution is -0.137. The van der Waals surface area contributed by atoms with Crippen molar-refractivity contribution in [2.75, 3.05) is 0 Å². The average molecular weight is 368 g/mol. The van der Waals surface area contributed by atoms with Crippen molar-refractivity contribution in [2.45, 2.75) is 20.0 Å². The van der Waals surface area contributed by atoms with Crippen LogP contribution in [0.2, 0.25) is 10.0 Å². The van der Waals surface area contributed by atoms with Crippen LogP contribution in [0.15, 0.2) is 12.1 Å². The Morgan fingerprint density at radius 1 is 1.26 bits per heavy atom. The lowest BCUT2D eigenvalue weighted by Gasteiger charge is -2.12. The average Bonchev–Trinajstić information content (AvgIpc) is 2.69. The number of nitrogens with zero attached hydrogens (tertiary/aromatic N) is 2. The number of hydrogen-bond donors (Lipinski definition) is 1. The molecule has 23 heavy (non-hydrogen) atoms. The van der Waals surface area contributed by atoms with Crippen LogP contribution in [0.5, 0.6) is 11.6 Å². The van der Waals surface area contributed by atoms with Crippen LogP contribution >= 0.6 is 23.2 Å². The maximum Gasteiger partial charge on any atom is 0.416 e. The predicted octanol–water partition coefficient (Wildman–Crippen LogP) is 4.54. The van der Waals surface area contributed by atoms with E-state index in [1.165, 1.54) is 0 Å². The summed E-state index contributed by atoms with van der Waals surface area (Å²) >= 11 is 11.6. The number of ether oxygens (including phenoxy) is 1. The number of aromatic nitrogens is 2. The third-order valence-corrected chi connectivity index (χ3v) is 3.67. The molecule has 0 radical (unpaired) electrons. The first-order chi connectivity index (χ1) is 10.5. The molecule has 5 nitrogen and oxygen atoms in total. The molecule has 0 aliphatic heterocycles. The molecule has 2 N–H and O–H groups in total. The lowest BCUT2D eigenvalue weighted by Crippen LogP contribution is -2.21. The summed E-state index contributed by atoms with van der Waals surface area (Å²) in [6.45, 7) is 3.18. The second-order valence-corrected chi connectivity index (χ2v) is 5.45. The largest absolute Gasteiger partial charge is 0.434 e. The molecule has 0 spiro atoms. The smallest absolute Gasteiger partial charge is 0.416 e. The topological polar surface area (TPSA) is 70.1 Å². The van der Waals surface area contributed by atoms with Crippen molar-refractivity contribution in [2.24, 2.45) is 5.73 Å². The van der Waals surface area contributed by atoms with Gasteiger partial charge in [0.15, 0.2) is 5.75 Å². The van der Waals surface area contributed by atoms with Crippen LogP contribution in [0.1, 0.15) is 16.8 Å². The van der Waals surface area contributed by atoms with Crippen LogP contribution in [0, 0.1) is 13.8 Å². The Labute approximate surface area is 138 Å². The van der Waals surface area contributed by atoms with E-state index in [1.54, 1.807) is 13.8 Å². The zero-order valence-corrected chi connectivity index (χ0v) is 13.3. The van der Waals surface area contributed by atoms with Crippen LogP contribution in [-0.2, 0) is 6.18 Å². The fraction of sp³-hybridized carbons (Fsp3) is 0.231. The molecular weight excluding hydrogens is 358 g/mol. The fourth-order valence-electron chi connectivity index (χ4n) is 1.78. The van der Waals surface area contributed by atoms with E-state index < -0.39 is 17.8 Å². The van der Waals surface area contributed by atoms with Crippen molar-refractivity contribution in [3.05, 3.63) is 39.0 Å². The molecular formula is C13H10Cl2F3N3O2. The number of carbonyl (C=O) groups is 1. The van der Waals surface area contributed by atoms with Crippen LogP contribution in [0.3, 0.4) is 0 Å². The highest BCUT2D eigenvalue weighted by atomic mass is 35.5. The van der Waals surface area contributed by atoms with Crippen molar-refractivity contribution >= 4 is 29.2 Å². The van der Waals surface area contributed by atoms with E-state index in [0.717, 1.165) is 4.68 Å². The standard InChI is InChI=1S/C13H10Cl2F3N3O2/c1-5-6(2)21(12(19)22)20-11(5)23-10-8(14)3-7(4-9(10)15)13(16,17)18/h3-4H,1-2H3,(H2,19,22). The second kappa shape index (κ2) is 5.93. The van der Waals surface area contributed by atoms with Gasteiger partial charge in [0.25, 0.3) is 0 Å². The third-order valence-electron chi connectivity index (χ3n) is 3.11. The Morgan fingerprint density at radius 2 is 1.78 bits per heavy atom. The van der Waals surface area contributed by atoms with Crippen LogP contribution in [-0.4, -0.2) is 15.8 Å². The van der Waals surface area contributed by atoms with Gasteiger partial charge in [-0.05, 0) is 26.0 Å². The molecule has 0 aliphatic carbocycles. The van der Waals surface area contributed by atoms with Crippen molar-refractivity contribution in [1.82, 2.24) is 9.78 Å². The fourth-order valence-corrected chi connectivity index (χ4v) is 2.35. The van der Waals surface area contributed by atoms with Gasteiger partial charge >= 0.3 is 12.2 Å². The van der Waals surface area contributed by atoms with Crippen molar-refractivity contribution < 1.29 is 22.7 Å². The van der Waals surface area contributed by atoms with E-state index in [9.17, 15) is 18.0 Å². The number of benzene rings is 1. The van der Waals surface area contributed by atoms with E-state index in [0.29, 0.717) is 23.4 Å². The van der Waals surface area contributed by atoms with Gasteiger partial charge in [-0.3, -0.25) is 0 Å². The SMILES string of the molecule is Cc1c(Oc2c(Cl)cc(C(F)(F)F)cc2Cl)nn(C(N)=O)c1C. The number of alkyl halides is 3. The van der Waals surface area contributed by atoms with E-state index in [4.69, 9.17) is 33.7 Å². The van der Waals surface area contributed by atoms with E-state index in [2.05, 4.69) is 5.10 Å². The minimum absolute atomic E-state index is 0.0372. The molecule has 0 fully saturated rings. The first-order valence-corrected chi connectivity index (χ1v) is 6.88. The van der Waals surface area contributed by atoms with Crippen molar-refractivity contribution in [1.29, 1.82) is 0 Å². The lowest BCUT2D eigenvalue weighted by atomic mass is 10.2. The van der Waals surface area contributed by atoms with Crippen LogP contribution in [0.4, 0.5) is 18.0 Å². The molecule has 10 heteroatoms. The molecule has 1 aromatic heterocycles. The molecule has 2 aromatic rings. The minimum atomic E-state index is -4.59. The normalized spacial score (nSPS) is 11.6. The quantitative estimate of drug-likeness (QED) is 0.846. The number of halogens is 5. The summed E-state index contributed by atoms with van der Waals surface area (Å²) in [5, 5.41) is 3.16. The van der Waals surface area contributed by atoms with Gasteiger partial charge in [-0.15, -0.1) is 5.10 Å². The van der Waals surface area contributed by atoms with E-state index in [-0.39, 0.29) is 21.7 Å². The van der Waals surface area contributed by atoms with Gasteiger partial charge < -0.3 is 10.5 Å². The molecule has 1 heterocycles. The van der Waals surface area contributed by atoms with E-state index in [1.807, 2.05) is 0 Å². The van der Waals surface area contributed by atoms with Gasteiger partial charge in [0.2, 0.25) is 5.88 Å². The number of hydrogen-bond acceptors (Lipinski definition) is 3. The van der Waals surface area contributed by atoms with Gasteiger partial charge in [-0.2, -0.15) is 17.9 Å². The zero-order chi connectivity index (χ0) is 17.5. The number of amides is 1. The van der Waals surface area contributed by atoms with Gasteiger partial charge in [-0.25, -0.2) is 4.79 Å². The van der Waals surface area contributed by atoms with Gasteiger partial charge in [0.1, 0.15) is 0 Å². The van der Waals surface area contributed by atoms with Crippen molar-refractivity contribution in [3.8, 4) is 11.6 Å². The highest BCUT2D eigenvalue weighted by molar-refractivity contribution is 6.37. The summed E-state index contributed by atoms with van der Waals surface area (Å²) in [7, 11) is 0. The Balaban J connectivity index is 2.46. The molecule has 0 aliphatic rings. The highest BCUT2D eigenvalue weighted by Crippen LogP contribution is 2.42. The van der Waals surface area contributed by atoms with Gasteiger partial charge in [0, 0.05) is 5.56 Å². The Kier molecular flexibility index (Phi) is 4.50. The predicted molar refractivity (Wildman–Crippen MR) is 78.2 cm³/mol. The monoisotopic (exact) mass is 367 g/mol. The van der Waals surface area contributed by atoms with Crippen LogP contribution in [0.25, 0.3) is 0 Å². The summed E-state index contributed by atoms with van der Waals surface area (Å²) in [4.78, 5) is 11.2. The molecule has 2 rings (SSSR count). The number of primary amides is 1. The molecule has 124 valence electrons. The molecule has 0 atom stereocenters. The highest BCUT2D eigenvalue weighted by Gasteiger charge is 2.32. The number of rotatable bonds is 2. The first kappa shape index (κ1) is 17.4. The van der Waals surface area contributed by atoms with Gasteiger partial charge in [-0.1, -0.05) is 23.2 Å².